The molecular weight excluding hydrogens is 278 g/mol. The Morgan fingerprint density at radius 3 is 2.33 bits per heavy atom. The second-order valence-corrected chi connectivity index (χ2v) is 8.67. The number of nitrogens with two attached hydrogens (primary N) is 1. The average molecular weight is 308 g/mol. The fourth-order valence-electron chi connectivity index (χ4n) is 3.27. The summed E-state index contributed by atoms with van der Waals surface area (Å²) in [6.07, 6.45) is 3.77. The minimum atomic E-state index is 0.377. The first-order valence-electron chi connectivity index (χ1n) is 7.98. The first-order valence-corrected chi connectivity index (χ1v) is 8.86. The Kier molecular flexibility index (Phi) is 5.31. The van der Waals surface area contributed by atoms with E-state index in [-0.39, 0.29) is 0 Å². The van der Waals surface area contributed by atoms with Crippen molar-refractivity contribution in [1.29, 1.82) is 0 Å². The first-order chi connectivity index (χ1) is 9.79. The highest BCUT2D eigenvalue weighted by atomic mass is 32.2. The van der Waals surface area contributed by atoms with Crippen LogP contribution in [0.25, 0.3) is 0 Å². The summed E-state index contributed by atoms with van der Waals surface area (Å²) in [6, 6.07) is 2.03. The molecule has 118 valence electrons. The molecule has 1 aromatic rings. The molecule has 3 nitrogen and oxygen atoms in total. The van der Waals surface area contributed by atoms with Crippen molar-refractivity contribution < 1.29 is 0 Å². The van der Waals surface area contributed by atoms with Crippen LogP contribution in [0.4, 0.5) is 0 Å². The third kappa shape index (κ3) is 4.43. The van der Waals surface area contributed by atoms with Crippen molar-refractivity contribution in [2.75, 3.05) is 6.54 Å². The Hall–Kier alpha value is -0.610. The van der Waals surface area contributed by atoms with Crippen LogP contribution in [-0.2, 0) is 0 Å². The van der Waals surface area contributed by atoms with E-state index in [0.29, 0.717) is 16.6 Å². The summed E-state index contributed by atoms with van der Waals surface area (Å²) >= 11 is 1.84. The molecule has 0 amide bonds. The van der Waals surface area contributed by atoms with Gasteiger partial charge in [0.05, 0.1) is 0 Å². The third-order valence-corrected chi connectivity index (χ3v) is 5.95. The first kappa shape index (κ1) is 16.8. The number of nitrogens with zero attached hydrogens (tertiary/aromatic N) is 2. The lowest BCUT2D eigenvalue weighted by Gasteiger charge is -2.41. The highest BCUT2D eigenvalue weighted by Crippen LogP contribution is 2.44. The van der Waals surface area contributed by atoms with Crippen LogP contribution in [0, 0.1) is 31.1 Å². The lowest BCUT2D eigenvalue weighted by atomic mass is 9.69. The lowest BCUT2D eigenvalue weighted by Crippen LogP contribution is -2.36. The van der Waals surface area contributed by atoms with Crippen molar-refractivity contribution in [3.05, 3.63) is 17.5 Å². The van der Waals surface area contributed by atoms with Crippen LogP contribution in [-0.4, -0.2) is 21.8 Å². The molecule has 0 saturated heterocycles. The molecule has 0 spiro atoms. The van der Waals surface area contributed by atoms with Gasteiger partial charge in [0.2, 0.25) is 0 Å². The van der Waals surface area contributed by atoms with E-state index in [0.717, 1.165) is 29.0 Å². The minimum absolute atomic E-state index is 0.377. The molecule has 1 saturated carbocycles. The molecule has 0 aliphatic heterocycles. The van der Waals surface area contributed by atoms with Crippen LogP contribution in [0.15, 0.2) is 11.2 Å². The monoisotopic (exact) mass is 307 g/mol. The van der Waals surface area contributed by atoms with Crippen molar-refractivity contribution >= 4 is 11.8 Å². The fourth-order valence-corrected chi connectivity index (χ4v) is 4.71. The van der Waals surface area contributed by atoms with Gasteiger partial charge in [-0.2, -0.15) is 0 Å². The topological polar surface area (TPSA) is 51.8 Å². The van der Waals surface area contributed by atoms with Gasteiger partial charge in [0.15, 0.2) is 5.16 Å². The molecule has 0 bridgehead atoms. The molecule has 1 aliphatic carbocycles. The summed E-state index contributed by atoms with van der Waals surface area (Å²) < 4.78 is 0. The Bertz CT molecular complexity index is 461. The zero-order valence-corrected chi connectivity index (χ0v) is 14.8. The van der Waals surface area contributed by atoms with Crippen LogP contribution in [0.2, 0.25) is 0 Å². The number of rotatable bonds is 3. The van der Waals surface area contributed by atoms with Crippen molar-refractivity contribution in [1.82, 2.24) is 9.97 Å². The maximum atomic E-state index is 6.01. The number of hydrogen-bond acceptors (Lipinski definition) is 4. The molecule has 21 heavy (non-hydrogen) atoms. The largest absolute Gasteiger partial charge is 0.330 e. The Labute approximate surface area is 133 Å². The highest BCUT2D eigenvalue weighted by Gasteiger charge is 2.36. The van der Waals surface area contributed by atoms with Crippen LogP contribution >= 0.6 is 11.8 Å². The van der Waals surface area contributed by atoms with Gasteiger partial charge in [-0.1, -0.05) is 32.5 Å². The maximum Gasteiger partial charge on any atom is 0.188 e. The average Bonchev–Trinajstić information content (AvgIpc) is 2.36. The molecule has 1 aliphatic rings. The normalized spacial score (nSPS) is 26.9. The molecule has 4 heteroatoms. The zero-order chi connectivity index (χ0) is 15.6. The van der Waals surface area contributed by atoms with Crippen LogP contribution in [0.3, 0.4) is 0 Å². The van der Waals surface area contributed by atoms with E-state index < -0.39 is 0 Å². The van der Waals surface area contributed by atoms with Crippen LogP contribution in [0.1, 0.15) is 51.4 Å². The third-order valence-electron chi connectivity index (χ3n) is 4.67. The van der Waals surface area contributed by atoms with E-state index in [1.807, 2.05) is 31.7 Å². The van der Waals surface area contributed by atoms with Crippen molar-refractivity contribution in [3.63, 3.8) is 0 Å². The van der Waals surface area contributed by atoms with Gasteiger partial charge >= 0.3 is 0 Å². The predicted molar refractivity (Wildman–Crippen MR) is 90.5 cm³/mol. The predicted octanol–water partition coefficient (Wildman–Crippen LogP) is 3.98. The summed E-state index contributed by atoms with van der Waals surface area (Å²) in [7, 11) is 0. The van der Waals surface area contributed by atoms with Crippen molar-refractivity contribution in [2.24, 2.45) is 23.0 Å². The quantitative estimate of drug-likeness (QED) is 0.858. The molecule has 1 heterocycles. The molecule has 3 unspecified atom stereocenters. The highest BCUT2D eigenvalue weighted by molar-refractivity contribution is 7.99. The molecular formula is C17H29N3S. The van der Waals surface area contributed by atoms with Gasteiger partial charge in [-0.3, -0.25) is 0 Å². The summed E-state index contributed by atoms with van der Waals surface area (Å²) in [5.74, 6) is 1.36. The molecule has 1 aromatic heterocycles. The van der Waals surface area contributed by atoms with Gasteiger partial charge in [0.25, 0.3) is 0 Å². The Morgan fingerprint density at radius 2 is 1.81 bits per heavy atom. The van der Waals surface area contributed by atoms with Gasteiger partial charge in [-0.15, -0.1) is 0 Å². The summed E-state index contributed by atoms with van der Waals surface area (Å²) in [6.45, 7) is 11.9. The van der Waals surface area contributed by atoms with E-state index in [4.69, 9.17) is 5.73 Å². The molecule has 2 N–H and O–H groups in total. The Balaban J connectivity index is 2.14. The molecule has 0 radical (unpaired) electrons. The fraction of sp³-hybridized carbons (Fsp3) is 0.765. The van der Waals surface area contributed by atoms with Gasteiger partial charge in [-0.25, -0.2) is 9.97 Å². The molecule has 3 atom stereocenters. The summed E-state index contributed by atoms with van der Waals surface area (Å²) in [5, 5.41) is 1.47. The van der Waals surface area contributed by atoms with Crippen molar-refractivity contribution in [2.45, 2.75) is 64.3 Å². The van der Waals surface area contributed by atoms with Gasteiger partial charge < -0.3 is 5.73 Å². The van der Waals surface area contributed by atoms with E-state index >= 15 is 0 Å². The van der Waals surface area contributed by atoms with E-state index in [9.17, 15) is 0 Å². The molecule has 2 rings (SSSR count). The van der Waals surface area contributed by atoms with E-state index in [1.165, 1.54) is 19.3 Å². The minimum Gasteiger partial charge on any atom is -0.330 e. The van der Waals surface area contributed by atoms with Gasteiger partial charge in [-0.05, 0) is 63.0 Å². The molecule has 1 fully saturated rings. The molecule has 0 aromatic carbocycles. The lowest BCUT2D eigenvalue weighted by molar-refractivity contribution is 0.157. The summed E-state index contributed by atoms with van der Waals surface area (Å²) in [4.78, 5) is 9.19. The van der Waals surface area contributed by atoms with E-state index in [2.05, 4.69) is 30.7 Å². The number of hydrogen-bond donors (Lipinski definition) is 1. The summed E-state index contributed by atoms with van der Waals surface area (Å²) in [5.41, 5.74) is 8.49. The number of thioether (sulfide) groups is 1. The zero-order valence-electron chi connectivity index (χ0n) is 14.0. The number of aryl methyl sites for hydroxylation is 2. The maximum absolute atomic E-state index is 6.01. The smallest absolute Gasteiger partial charge is 0.188 e. The van der Waals surface area contributed by atoms with Crippen molar-refractivity contribution in [3.8, 4) is 0 Å². The van der Waals surface area contributed by atoms with Gasteiger partial charge in [0.1, 0.15) is 0 Å². The number of aromatic nitrogens is 2. The standard InChI is InChI=1S/C17H29N3S/c1-11-8-12(2)20-16(19-11)21-15-9-14(17(3,4)5)7-6-13(15)10-18/h8,13-15H,6-7,9-10,18H2,1-5H3. The van der Waals surface area contributed by atoms with Gasteiger partial charge in [0, 0.05) is 16.6 Å². The SMILES string of the molecule is Cc1cc(C)nc(SC2CC(C(C)(C)C)CCC2CN)n1. The van der Waals surface area contributed by atoms with Crippen LogP contribution < -0.4 is 5.73 Å². The van der Waals surface area contributed by atoms with E-state index in [1.54, 1.807) is 0 Å². The Morgan fingerprint density at radius 1 is 1.19 bits per heavy atom. The second-order valence-electron chi connectivity index (χ2n) is 7.46. The second kappa shape index (κ2) is 6.66. The van der Waals surface area contributed by atoms with Crippen LogP contribution in [0.5, 0.6) is 0 Å².